The van der Waals surface area contributed by atoms with Crippen LogP contribution in [0.2, 0.25) is 0 Å². The van der Waals surface area contributed by atoms with Gasteiger partial charge in [-0.05, 0) is 44.4 Å². The van der Waals surface area contributed by atoms with Crippen LogP contribution in [0.1, 0.15) is 60.6 Å². The van der Waals surface area contributed by atoms with Crippen molar-refractivity contribution in [3.8, 4) is 17.0 Å². The Morgan fingerprint density at radius 3 is 2.65 bits per heavy atom. The number of benzene rings is 1. The highest BCUT2D eigenvalue weighted by Crippen LogP contribution is 2.33. The molecule has 8 nitrogen and oxygen atoms in total. The van der Waals surface area contributed by atoms with Gasteiger partial charge in [0.05, 0.1) is 47.0 Å². The molecule has 1 amide bonds. The van der Waals surface area contributed by atoms with E-state index in [9.17, 15) is 13.2 Å². The highest BCUT2D eigenvalue weighted by molar-refractivity contribution is 7.91. The molecule has 5 rings (SSSR count). The first-order valence-electron chi connectivity index (χ1n) is 11.9. The van der Waals surface area contributed by atoms with Gasteiger partial charge in [-0.3, -0.25) is 4.79 Å². The second kappa shape index (κ2) is 9.02. The number of hydrogen-bond donors (Lipinski definition) is 1. The zero-order valence-corrected chi connectivity index (χ0v) is 20.4. The van der Waals surface area contributed by atoms with Gasteiger partial charge in [0, 0.05) is 11.6 Å². The molecule has 2 aromatic heterocycles. The summed E-state index contributed by atoms with van der Waals surface area (Å²) in [5, 5.41) is 8.59. The second-order valence-corrected chi connectivity index (χ2v) is 11.6. The number of carbonyl (C=O) groups is 1. The summed E-state index contributed by atoms with van der Waals surface area (Å²) >= 11 is 0. The van der Waals surface area contributed by atoms with Gasteiger partial charge in [-0.15, -0.1) is 0 Å². The SMILES string of the molecule is COc1cccc(-c2cc(C(=O)NC3CCCCC3)c3c(C)nn(C4CCS(=O)(=O)C4)c3n2)c1. The lowest BCUT2D eigenvalue weighted by Gasteiger charge is -2.23. The van der Waals surface area contributed by atoms with Crippen molar-refractivity contribution in [1.82, 2.24) is 20.1 Å². The average molecular weight is 483 g/mol. The molecule has 3 aromatic rings. The van der Waals surface area contributed by atoms with Crippen LogP contribution < -0.4 is 10.1 Å². The Labute approximate surface area is 199 Å². The molecule has 0 radical (unpaired) electrons. The van der Waals surface area contributed by atoms with E-state index < -0.39 is 9.84 Å². The van der Waals surface area contributed by atoms with Gasteiger partial charge in [0.1, 0.15) is 5.75 Å². The Kier molecular flexibility index (Phi) is 6.06. The number of carbonyl (C=O) groups excluding carboxylic acids is 1. The van der Waals surface area contributed by atoms with Crippen molar-refractivity contribution in [2.24, 2.45) is 0 Å². The maximum atomic E-state index is 13.5. The number of hydrogen-bond acceptors (Lipinski definition) is 6. The first-order chi connectivity index (χ1) is 16.3. The minimum atomic E-state index is -3.10. The van der Waals surface area contributed by atoms with E-state index in [1.807, 2.05) is 37.3 Å². The van der Waals surface area contributed by atoms with Crippen LogP contribution in [-0.4, -0.2) is 53.7 Å². The third-order valence-electron chi connectivity index (χ3n) is 6.94. The Hall–Kier alpha value is -2.94. The van der Waals surface area contributed by atoms with Gasteiger partial charge in [-0.25, -0.2) is 18.1 Å². The fourth-order valence-corrected chi connectivity index (χ4v) is 6.85. The molecule has 9 heteroatoms. The number of sulfone groups is 1. The topological polar surface area (TPSA) is 103 Å². The number of nitrogens with one attached hydrogen (secondary N) is 1. The van der Waals surface area contributed by atoms with Crippen LogP contribution in [0, 0.1) is 6.92 Å². The van der Waals surface area contributed by atoms with E-state index in [-0.39, 0.29) is 29.5 Å². The van der Waals surface area contributed by atoms with Crippen LogP contribution in [0.3, 0.4) is 0 Å². The second-order valence-electron chi connectivity index (χ2n) is 9.38. The van der Waals surface area contributed by atoms with Crippen LogP contribution in [0.15, 0.2) is 30.3 Å². The molecule has 1 aliphatic heterocycles. The molecule has 0 spiro atoms. The molecule has 1 N–H and O–H groups in total. The average Bonchev–Trinajstić information content (AvgIpc) is 3.37. The molecule has 2 fully saturated rings. The number of methoxy groups -OCH3 is 1. The molecule has 180 valence electrons. The normalized spacial score (nSPS) is 20.5. The molecule has 0 bridgehead atoms. The molecular weight excluding hydrogens is 452 g/mol. The monoisotopic (exact) mass is 482 g/mol. The van der Waals surface area contributed by atoms with E-state index in [0.29, 0.717) is 40.2 Å². The number of pyridine rings is 1. The summed E-state index contributed by atoms with van der Waals surface area (Å²) in [4.78, 5) is 18.4. The number of aryl methyl sites for hydroxylation is 1. The zero-order valence-electron chi connectivity index (χ0n) is 19.6. The van der Waals surface area contributed by atoms with Crippen molar-refractivity contribution >= 4 is 26.8 Å². The molecule has 1 saturated carbocycles. The van der Waals surface area contributed by atoms with E-state index in [0.717, 1.165) is 31.2 Å². The van der Waals surface area contributed by atoms with Gasteiger partial charge in [0.25, 0.3) is 5.91 Å². The van der Waals surface area contributed by atoms with E-state index in [4.69, 9.17) is 9.72 Å². The maximum absolute atomic E-state index is 13.5. The Morgan fingerprint density at radius 1 is 1.15 bits per heavy atom. The zero-order chi connectivity index (χ0) is 23.9. The molecule has 1 atom stereocenters. The summed E-state index contributed by atoms with van der Waals surface area (Å²) in [6.07, 6.45) is 5.93. The summed E-state index contributed by atoms with van der Waals surface area (Å²) in [6.45, 7) is 1.85. The molecule has 2 aliphatic rings. The molecule has 3 heterocycles. The van der Waals surface area contributed by atoms with Gasteiger partial charge in [0.15, 0.2) is 15.5 Å². The number of amides is 1. The molecule has 1 aromatic carbocycles. The van der Waals surface area contributed by atoms with E-state index >= 15 is 0 Å². The van der Waals surface area contributed by atoms with E-state index in [1.54, 1.807) is 11.8 Å². The van der Waals surface area contributed by atoms with Gasteiger partial charge >= 0.3 is 0 Å². The predicted molar refractivity (Wildman–Crippen MR) is 131 cm³/mol. The van der Waals surface area contributed by atoms with Gasteiger partial charge in [-0.1, -0.05) is 31.4 Å². The third-order valence-corrected chi connectivity index (χ3v) is 8.69. The van der Waals surface area contributed by atoms with Crippen molar-refractivity contribution in [1.29, 1.82) is 0 Å². The minimum absolute atomic E-state index is 0.0396. The van der Waals surface area contributed by atoms with Gasteiger partial charge in [-0.2, -0.15) is 5.10 Å². The molecule has 34 heavy (non-hydrogen) atoms. The first kappa shape index (κ1) is 22.8. The molecular formula is C25H30N4O4S. The van der Waals surface area contributed by atoms with Crippen molar-refractivity contribution < 1.29 is 17.9 Å². The lowest BCUT2D eigenvalue weighted by Crippen LogP contribution is -2.36. The van der Waals surface area contributed by atoms with Crippen LogP contribution in [0.5, 0.6) is 5.75 Å². The number of nitrogens with zero attached hydrogens (tertiary/aromatic N) is 3. The van der Waals surface area contributed by atoms with E-state index in [1.165, 1.54) is 6.42 Å². The lowest BCUT2D eigenvalue weighted by molar-refractivity contribution is 0.0929. The van der Waals surface area contributed by atoms with Crippen molar-refractivity contribution in [2.45, 2.75) is 57.5 Å². The highest BCUT2D eigenvalue weighted by Gasteiger charge is 2.32. The molecule has 1 unspecified atom stereocenters. The summed E-state index contributed by atoms with van der Waals surface area (Å²) in [5.74, 6) is 0.741. The molecule has 1 aliphatic carbocycles. The van der Waals surface area contributed by atoms with Crippen molar-refractivity contribution in [3.05, 3.63) is 41.6 Å². The maximum Gasteiger partial charge on any atom is 0.252 e. The standard InChI is InChI=1S/C25H30N4O4S/c1-16-23-21(25(30)26-18-8-4-3-5-9-18)14-22(17-7-6-10-20(13-17)33-2)27-24(23)29(28-16)19-11-12-34(31,32)15-19/h6-7,10,13-14,18-19H,3-5,8-9,11-12,15H2,1-2H3,(H,26,30). The Balaban J connectivity index is 1.64. The summed E-state index contributed by atoms with van der Waals surface area (Å²) in [6, 6.07) is 9.24. The van der Waals surface area contributed by atoms with Gasteiger partial charge in [0.2, 0.25) is 0 Å². The Morgan fingerprint density at radius 2 is 1.94 bits per heavy atom. The number of aromatic nitrogens is 3. The largest absolute Gasteiger partial charge is 0.497 e. The van der Waals surface area contributed by atoms with Gasteiger partial charge < -0.3 is 10.1 Å². The third kappa shape index (κ3) is 4.41. The van der Waals surface area contributed by atoms with Crippen molar-refractivity contribution in [3.63, 3.8) is 0 Å². The van der Waals surface area contributed by atoms with E-state index in [2.05, 4.69) is 10.4 Å². The quantitative estimate of drug-likeness (QED) is 0.593. The van der Waals surface area contributed by atoms with Crippen LogP contribution in [-0.2, 0) is 9.84 Å². The fourth-order valence-electron chi connectivity index (χ4n) is 5.16. The fraction of sp³-hybridized carbons (Fsp3) is 0.480. The number of fused-ring (bicyclic) bond motifs is 1. The number of ether oxygens (including phenoxy) is 1. The molecule has 1 saturated heterocycles. The first-order valence-corrected chi connectivity index (χ1v) is 13.7. The number of rotatable bonds is 5. The smallest absolute Gasteiger partial charge is 0.252 e. The highest BCUT2D eigenvalue weighted by atomic mass is 32.2. The summed E-state index contributed by atoms with van der Waals surface area (Å²) < 4.78 is 31.4. The summed E-state index contributed by atoms with van der Waals surface area (Å²) in [7, 11) is -1.50. The van der Waals surface area contributed by atoms with Crippen LogP contribution in [0.25, 0.3) is 22.3 Å². The van der Waals surface area contributed by atoms with Crippen LogP contribution >= 0.6 is 0 Å². The van der Waals surface area contributed by atoms with Crippen molar-refractivity contribution in [2.75, 3.05) is 18.6 Å². The minimum Gasteiger partial charge on any atom is -0.497 e. The van der Waals surface area contributed by atoms with Crippen LogP contribution in [0.4, 0.5) is 0 Å². The predicted octanol–water partition coefficient (Wildman–Crippen LogP) is 3.84. The lowest BCUT2D eigenvalue weighted by atomic mass is 9.95. The Bertz CT molecular complexity index is 1340. The summed E-state index contributed by atoms with van der Waals surface area (Å²) in [5.41, 5.74) is 3.20.